The van der Waals surface area contributed by atoms with Crippen LogP contribution in [0, 0.1) is 0 Å². The molecule has 0 aromatic carbocycles. The fraction of sp³-hybridized carbons (Fsp3) is 0.500. The molecule has 0 atom stereocenters. The zero-order valence-electron chi connectivity index (χ0n) is 7.94. The Morgan fingerprint density at radius 3 is 2.08 bits per heavy atom. The number of hydrogen-bond acceptors (Lipinski definition) is 4. The Bertz CT molecular complexity index is 173. The van der Waals surface area contributed by atoms with Crippen LogP contribution < -0.4 is 0 Å². The number of carboxylic acids is 1. The van der Waals surface area contributed by atoms with E-state index in [1.807, 2.05) is 0 Å². The lowest BCUT2D eigenvalue weighted by molar-refractivity contribution is -0.138. The highest BCUT2D eigenvalue weighted by Crippen LogP contribution is 1.80. The first-order valence-electron chi connectivity index (χ1n) is 3.56. The van der Waals surface area contributed by atoms with Crippen molar-refractivity contribution in [3.05, 3.63) is 12.2 Å². The number of carbonyl (C=O) groups is 2. The van der Waals surface area contributed by atoms with E-state index in [9.17, 15) is 9.59 Å². The molecule has 0 aliphatic carbocycles. The lowest BCUT2D eigenvalue weighted by Crippen LogP contribution is -2.00. The maximum atomic E-state index is 10.4. The summed E-state index contributed by atoms with van der Waals surface area (Å²) in [7, 11) is 3.25. The monoisotopic (exact) mass is 190 g/mol. The summed E-state index contributed by atoms with van der Waals surface area (Å²) in [6, 6.07) is 0. The Morgan fingerprint density at radius 2 is 1.77 bits per heavy atom. The van der Waals surface area contributed by atoms with Gasteiger partial charge in [0.15, 0.2) is 0 Å². The molecule has 13 heavy (non-hydrogen) atoms. The molecule has 0 aromatic heterocycles. The third-order valence-electron chi connectivity index (χ3n) is 0.649. The van der Waals surface area contributed by atoms with Gasteiger partial charge in [0.05, 0.1) is 6.61 Å². The molecule has 0 saturated heterocycles. The Hall–Kier alpha value is -1.36. The maximum Gasteiger partial charge on any atom is 0.330 e. The Kier molecular flexibility index (Phi) is 11.6. The highest BCUT2D eigenvalue weighted by Gasteiger charge is 1.94. The third kappa shape index (κ3) is 18.0. The molecular weight excluding hydrogens is 176 g/mol. The minimum Gasteiger partial charge on any atom is -0.478 e. The number of hydrogen-bond donors (Lipinski definition) is 1. The summed E-state index contributed by atoms with van der Waals surface area (Å²) in [4.78, 5) is 20.2. The summed E-state index contributed by atoms with van der Waals surface area (Å²) in [6.45, 7) is 1.90. The average molecular weight is 190 g/mol. The van der Waals surface area contributed by atoms with E-state index in [0.29, 0.717) is 0 Å². The lowest BCUT2D eigenvalue weighted by Gasteiger charge is -1.92. The molecule has 0 radical (unpaired) electrons. The van der Waals surface area contributed by atoms with Crippen LogP contribution in [0.1, 0.15) is 6.92 Å². The number of carboxylic acid groups (broad SMARTS) is 1. The summed E-state index contributed by atoms with van der Waals surface area (Å²) < 4.78 is 8.65. The van der Waals surface area contributed by atoms with Gasteiger partial charge in [-0.05, 0) is 6.92 Å². The van der Waals surface area contributed by atoms with Gasteiger partial charge in [-0.25, -0.2) is 9.59 Å². The fourth-order valence-corrected chi connectivity index (χ4v) is 0.330. The van der Waals surface area contributed by atoms with Crippen LogP contribution in [0.2, 0.25) is 0 Å². The number of methoxy groups -OCH3 is 1. The van der Waals surface area contributed by atoms with Crippen molar-refractivity contribution in [2.75, 3.05) is 20.8 Å². The van der Waals surface area contributed by atoms with Crippen molar-refractivity contribution >= 4 is 11.9 Å². The quantitative estimate of drug-likeness (QED) is 0.516. The summed E-state index contributed by atoms with van der Waals surface area (Å²) in [5.41, 5.74) is 0. The summed E-state index contributed by atoms with van der Waals surface area (Å²) in [6.07, 6.45) is 1.60. The van der Waals surface area contributed by atoms with Crippen molar-refractivity contribution in [2.24, 2.45) is 0 Å². The molecule has 76 valence electrons. The molecule has 0 aromatic rings. The summed E-state index contributed by atoms with van der Waals surface area (Å²) in [5.74, 6) is -1.79. The SMILES string of the molecule is CCOC(=O)/C=C\C(=O)O.COC. The predicted octanol–water partition coefficient (Wildman–Crippen LogP) is 0.453. The second-order valence-corrected chi connectivity index (χ2v) is 1.83. The van der Waals surface area contributed by atoms with Crippen molar-refractivity contribution in [2.45, 2.75) is 6.92 Å². The normalized spacial score (nSPS) is 8.85. The molecule has 0 spiro atoms. The topological polar surface area (TPSA) is 72.8 Å². The van der Waals surface area contributed by atoms with Crippen LogP contribution in [0.15, 0.2) is 12.2 Å². The summed E-state index contributed by atoms with van der Waals surface area (Å²) in [5, 5.41) is 8.04. The van der Waals surface area contributed by atoms with E-state index in [0.717, 1.165) is 12.2 Å². The van der Waals surface area contributed by atoms with Gasteiger partial charge in [-0.3, -0.25) is 0 Å². The van der Waals surface area contributed by atoms with Crippen LogP contribution >= 0.6 is 0 Å². The van der Waals surface area contributed by atoms with Crippen molar-refractivity contribution in [3.8, 4) is 0 Å². The van der Waals surface area contributed by atoms with E-state index in [2.05, 4.69) is 9.47 Å². The minimum absolute atomic E-state index is 0.253. The van der Waals surface area contributed by atoms with E-state index in [1.54, 1.807) is 21.1 Å². The fourth-order valence-electron chi connectivity index (χ4n) is 0.330. The smallest absolute Gasteiger partial charge is 0.330 e. The molecule has 0 unspecified atom stereocenters. The highest BCUT2D eigenvalue weighted by atomic mass is 16.5. The first kappa shape index (κ1) is 14.2. The summed E-state index contributed by atoms with van der Waals surface area (Å²) >= 11 is 0. The molecular formula is C8H14O5. The number of rotatable bonds is 3. The Balaban J connectivity index is 0. The number of esters is 1. The van der Waals surface area contributed by atoms with Crippen molar-refractivity contribution in [1.29, 1.82) is 0 Å². The van der Waals surface area contributed by atoms with Gasteiger partial charge < -0.3 is 14.6 Å². The van der Waals surface area contributed by atoms with Gasteiger partial charge in [-0.15, -0.1) is 0 Å². The van der Waals surface area contributed by atoms with Crippen molar-refractivity contribution < 1.29 is 24.2 Å². The second kappa shape index (κ2) is 10.6. The zero-order chi connectivity index (χ0) is 10.7. The predicted molar refractivity (Wildman–Crippen MR) is 46.3 cm³/mol. The van der Waals surface area contributed by atoms with Crippen LogP contribution in [0.5, 0.6) is 0 Å². The average Bonchev–Trinajstić information content (AvgIpc) is 2.03. The number of carbonyl (C=O) groups excluding carboxylic acids is 1. The standard InChI is InChI=1S/C6H8O4.C2H6O/c1-2-10-6(9)4-3-5(7)8;1-3-2/h3-4H,2H2,1H3,(H,7,8);1-2H3/b4-3-;. The van der Waals surface area contributed by atoms with Gasteiger partial charge in [-0.2, -0.15) is 0 Å². The third-order valence-corrected chi connectivity index (χ3v) is 0.649. The first-order chi connectivity index (χ1) is 6.08. The molecule has 1 N–H and O–H groups in total. The van der Waals surface area contributed by atoms with E-state index in [-0.39, 0.29) is 6.61 Å². The van der Waals surface area contributed by atoms with Crippen LogP contribution in [0.25, 0.3) is 0 Å². The van der Waals surface area contributed by atoms with Crippen molar-refractivity contribution in [1.82, 2.24) is 0 Å². The molecule has 0 amide bonds. The molecule has 0 fully saturated rings. The molecule has 5 heteroatoms. The molecule has 0 aliphatic rings. The van der Waals surface area contributed by atoms with E-state index >= 15 is 0 Å². The van der Waals surface area contributed by atoms with Gasteiger partial charge in [0.2, 0.25) is 0 Å². The number of aliphatic carboxylic acids is 1. The molecule has 0 heterocycles. The van der Waals surface area contributed by atoms with Crippen LogP contribution in [0.4, 0.5) is 0 Å². The minimum atomic E-state index is -1.16. The van der Waals surface area contributed by atoms with Gasteiger partial charge >= 0.3 is 11.9 Å². The molecule has 0 saturated carbocycles. The van der Waals surface area contributed by atoms with E-state index < -0.39 is 11.9 Å². The maximum absolute atomic E-state index is 10.4. The number of ether oxygens (including phenoxy) is 2. The molecule has 0 bridgehead atoms. The molecule has 5 nitrogen and oxygen atoms in total. The Labute approximate surface area is 77.0 Å². The lowest BCUT2D eigenvalue weighted by atomic mass is 10.5. The van der Waals surface area contributed by atoms with Gasteiger partial charge in [0, 0.05) is 26.4 Å². The zero-order valence-corrected chi connectivity index (χ0v) is 7.94. The van der Waals surface area contributed by atoms with Crippen LogP contribution in [-0.4, -0.2) is 37.9 Å². The highest BCUT2D eigenvalue weighted by molar-refractivity contribution is 5.90. The van der Waals surface area contributed by atoms with Crippen LogP contribution in [-0.2, 0) is 19.1 Å². The second-order valence-electron chi connectivity index (χ2n) is 1.83. The molecule has 0 aliphatic heterocycles. The molecule has 0 rings (SSSR count). The Morgan fingerprint density at radius 1 is 1.31 bits per heavy atom. The largest absolute Gasteiger partial charge is 0.478 e. The van der Waals surface area contributed by atoms with E-state index in [4.69, 9.17) is 5.11 Å². The van der Waals surface area contributed by atoms with Gasteiger partial charge in [0.1, 0.15) is 0 Å². The van der Waals surface area contributed by atoms with Gasteiger partial charge in [-0.1, -0.05) is 0 Å². The van der Waals surface area contributed by atoms with Gasteiger partial charge in [0.25, 0.3) is 0 Å². The van der Waals surface area contributed by atoms with Crippen molar-refractivity contribution in [3.63, 3.8) is 0 Å². The van der Waals surface area contributed by atoms with E-state index in [1.165, 1.54) is 0 Å². The van der Waals surface area contributed by atoms with Crippen LogP contribution in [0.3, 0.4) is 0 Å². The first-order valence-corrected chi connectivity index (χ1v) is 3.56.